The van der Waals surface area contributed by atoms with E-state index in [0.29, 0.717) is 6.04 Å². The third-order valence-electron chi connectivity index (χ3n) is 1.60. The molecule has 0 aliphatic heterocycles. The van der Waals surface area contributed by atoms with Crippen molar-refractivity contribution in [2.45, 2.75) is 54.5 Å². The van der Waals surface area contributed by atoms with Gasteiger partial charge in [-0.3, -0.25) is 0 Å². The molecule has 0 fully saturated rings. The molecule has 0 unspecified atom stereocenters. The van der Waals surface area contributed by atoms with Gasteiger partial charge < -0.3 is 5.32 Å². The Balaban J connectivity index is 0. The van der Waals surface area contributed by atoms with Crippen LogP contribution in [0.3, 0.4) is 0 Å². The summed E-state index contributed by atoms with van der Waals surface area (Å²) in [4.78, 5) is 0. The maximum atomic E-state index is 4.34. The second-order valence-corrected chi connectivity index (χ2v) is 2.96. The van der Waals surface area contributed by atoms with Gasteiger partial charge >= 0.3 is 0 Å². The Hall–Kier alpha value is -0.990. The van der Waals surface area contributed by atoms with E-state index in [1.807, 2.05) is 52.4 Å². The Morgan fingerprint density at radius 1 is 1.20 bits per heavy atom. The molecule has 0 aliphatic carbocycles. The largest absolute Gasteiger partial charge is 0.373 e. The van der Waals surface area contributed by atoms with Crippen LogP contribution in [0.5, 0.6) is 0 Å². The molecule has 1 aromatic heterocycles. The average Bonchev–Trinajstić information content (AvgIpc) is 2.65. The molecule has 0 bridgehead atoms. The molecule has 15 heavy (non-hydrogen) atoms. The van der Waals surface area contributed by atoms with E-state index in [1.165, 1.54) is 0 Å². The summed E-state index contributed by atoms with van der Waals surface area (Å²) < 4.78 is 1.98. The Morgan fingerprint density at radius 3 is 1.93 bits per heavy atom. The predicted molar refractivity (Wildman–Crippen MR) is 69.6 cm³/mol. The van der Waals surface area contributed by atoms with Gasteiger partial charge in [0.25, 0.3) is 0 Å². The zero-order valence-corrected chi connectivity index (χ0v) is 11.5. The van der Waals surface area contributed by atoms with Gasteiger partial charge in [0.2, 0.25) is 0 Å². The highest BCUT2D eigenvalue weighted by Crippen LogP contribution is 2.14. The summed E-state index contributed by atoms with van der Waals surface area (Å²) in [5, 5.41) is 7.43. The molecule has 1 rings (SSSR count). The van der Waals surface area contributed by atoms with Crippen LogP contribution in [0.25, 0.3) is 0 Å². The van der Waals surface area contributed by atoms with Crippen LogP contribution in [0.15, 0.2) is 6.07 Å². The van der Waals surface area contributed by atoms with E-state index in [2.05, 4.69) is 24.3 Å². The predicted octanol–water partition coefficient (Wildman–Crippen LogP) is 3.87. The summed E-state index contributed by atoms with van der Waals surface area (Å²) in [6, 6.07) is 2.46. The molecule has 0 spiro atoms. The first-order valence-corrected chi connectivity index (χ1v) is 5.89. The zero-order chi connectivity index (χ0) is 12.4. The molecule has 3 heteroatoms. The van der Waals surface area contributed by atoms with Crippen LogP contribution in [0, 0.1) is 6.92 Å². The van der Waals surface area contributed by atoms with Crippen molar-refractivity contribution in [2.24, 2.45) is 0 Å². The van der Waals surface area contributed by atoms with E-state index in [-0.39, 0.29) is 0 Å². The molecule has 1 N–H and O–H groups in total. The van der Waals surface area contributed by atoms with Crippen molar-refractivity contribution < 1.29 is 0 Å². The van der Waals surface area contributed by atoms with Gasteiger partial charge in [0.05, 0.1) is 5.69 Å². The highest BCUT2D eigenvalue weighted by Gasteiger charge is 2.05. The topological polar surface area (TPSA) is 29.9 Å². The number of hydrogen-bond donors (Lipinski definition) is 1. The molecule has 90 valence electrons. The minimum absolute atomic E-state index is 0.422. The molecular formula is C12H27N3. The molecule has 0 saturated carbocycles. The number of rotatable bonds is 2. The minimum atomic E-state index is 0.422. The number of nitrogens with one attached hydrogen (secondary N) is 1. The van der Waals surface area contributed by atoms with Gasteiger partial charge in [0, 0.05) is 19.2 Å². The third-order valence-corrected chi connectivity index (χ3v) is 1.60. The highest BCUT2D eigenvalue weighted by atomic mass is 15.3. The lowest BCUT2D eigenvalue weighted by Crippen LogP contribution is -2.06. The minimum Gasteiger partial charge on any atom is -0.373 e. The molecule has 0 aromatic carbocycles. The first-order valence-electron chi connectivity index (χ1n) is 5.89. The van der Waals surface area contributed by atoms with Crippen molar-refractivity contribution in [2.75, 3.05) is 12.4 Å². The summed E-state index contributed by atoms with van der Waals surface area (Å²) in [5.74, 6) is 1.08. The lowest BCUT2D eigenvalue weighted by atomic mass is 10.4. The van der Waals surface area contributed by atoms with E-state index in [9.17, 15) is 0 Å². The normalized spacial score (nSPS) is 8.60. The van der Waals surface area contributed by atoms with Crippen LogP contribution in [0.2, 0.25) is 0 Å². The molecule has 0 atom stereocenters. The maximum Gasteiger partial charge on any atom is 0.124 e. The Kier molecular flexibility index (Phi) is 10.5. The van der Waals surface area contributed by atoms with E-state index >= 15 is 0 Å². The molecule has 1 heterocycles. The molecule has 1 aromatic rings. The van der Waals surface area contributed by atoms with E-state index in [4.69, 9.17) is 0 Å². The van der Waals surface area contributed by atoms with Crippen molar-refractivity contribution in [3.63, 3.8) is 0 Å². The van der Waals surface area contributed by atoms with E-state index in [0.717, 1.165) is 11.5 Å². The third kappa shape index (κ3) is 5.45. The summed E-state index contributed by atoms with van der Waals surface area (Å²) in [6.07, 6.45) is 0. The van der Waals surface area contributed by atoms with Gasteiger partial charge in [0.15, 0.2) is 0 Å². The van der Waals surface area contributed by atoms with Gasteiger partial charge in [-0.15, -0.1) is 0 Å². The second-order valence-electron chi connectivity index (χ2n) is 2.96. The second kappa shape index (κ2) is 9.56. The molecule has 0 amide bonds. The number of anilines is 1. The summed E-state index contributed by atoms with van der Waals surface area (Å²) in [6.45, 7) is 14.2. The van der Waals surface area contributed by atoms with Crippen LogP contribution in [0.4, 0.5) is 5.82 Å². The van der Waals surface area contributed by atoms with Crippen molar-refractivity contribution >= 4 is 5.82 Å². The molecule has 3 nitrogen and oxygen atoms in total. The van der Waals surface area contributed by atoms with Gasteiger partial charge in [-0.05, 0) is 20.8 Å². The van der Waals surface area contributed by atoms with Crippen LogP contribution in [-0.4, -0.2) is 16.8 Å². The standard InChI is InChI=1S/C8H15N3.2C2H6/c1-6(2)11-8(9-4)5-7(3)10-11;2*1-2/h5-6,9H,1-4H3;2*1-2H3. The van der Waals surface area contributed by atoms with Gasteiger partial charge in [0.1, 0.15) is 5.82 Å². The fourth-order valence-corrected chi connectivity index (χ4v) is 1.10. The Labute approximate surface area is 94.9 Å². The number of nitrogens with zero attached hydrogens (tertiary/aromatic N) is 2. The molecular weight excluding hydrogens is 186 g/mol. The summed E-state index contributed by atoms with van der Waals surface area (Å²) >= 11 is 0. The van der Waals surface area contributed by atoms with Crippen LogP contribution >= 0.6 is 0 Å². The monoisotopic (exact) mass is 213 g/mol. The van der Waals surface area contributed by atoms with Gasteiger partial charge in [-0.25, -0.2) is 4.68 Å². The number of aromatic nitrogens is 2. The van der Waals surface area contributed by atoms with Gasteiger partial charge in [-0.2, -0.15) is 5.10 Å². The SMILES string of the molecule is CC.CC.CNc1cc(C)nn1C(C)C. The van der Waals surface area contributed by atoms with Crippen LogP contribution in [-0.2, 0) is 0 Å². The van der Waals surface area contributed by atoms with Crippen molar-refractivity contribution in [3.05, 3.63) is 11.8 Å². The molecule has 0 radical (unpaired) electrons. The van der Waals surface area contributed by atoms with Crippen molar-refractivity contribution in [1.82, 2.24) is 9.78 Å². The number of aryl methyl sites for hydroxylation is 1. The van der Waals surface area contributed by atoms with Crippen molar-refractivity contribution in [3.8, 4) is 0 Å². The fraction of sp³-hybridized carbons (Fsp3) is 0.750. The smallest absolute Gasteiger partial charge is 0.124 e. The zero-order valence-electron chi connectivity index (χ0n) is 11.5. The summed E-state index contributed by atoms with van der Waals surface area (Å²) in [7, 11) is 1.91. The lowest BCUT2D eigenvalue weighted by Gasteiger charge is -2.09. The average molecular weight is 213 g/mol. The Morgan fingerprint density at radius 2 is 1.67 bits per heavy atom. The quantitative estimate of drug-likeness (QED) is 0.808. The van der Waals surface area contributed by atoms with Crippen LogP contribution < -0.4 is 5.32 Å². The summed E-state index contributed by atoms with van der Waals surface area (Å²) in [5.41, 5.74) is 1.06. The molecule has 0 saturated heterocycles. The van der Waals surface area contributed by atoms with Crippen molar-refractivity contribution in [1.29, 1.82) is 0 Å². The first-order chi connectivity index (χ1) is 7.15. The molecule has 0 aliphatic rings. The van der Waals surface area contributed by atoms with Crippen LogP contribution in [0.1, 0.15) is 53.3 Å². The first kappa shape index (κ1) is 16.4. The fourth-order valence-electron chi connectivity index (χ4n) is 1.10. The van der Waals surface area contributed by atoms with E-state index in [1.54, 1.807) is 0 Å². The number of hydrogen-bond acceptors (Lipinski definition) is 2. The van der Waals surface area contributed by atoms with E-state index < -0.39 is 0 Å². The lowest BCUT2D eigenvalue weighted by molar-refractivity contribution is 0.535. The Bertz CT molecular complexity index is 239. The highest BCUT2D eigenvalue weighted by molar-refractivity contribution is 5.36. The maximum absolute atomic E-state index is 4.34. The van der Waals surface area contributed by atoms with Gasteiger partial charge in [-0.1, -0.05) is 27.7 Å².